The molecule has 2 amide bonds. The van der Waals surface area contributed by atoms with Crippen LogP contribution in [0.2, 0.25) is 0 Å². The maximum Gasteiger partial charge on any atom is 0.295 e. The van der Waals surface area contributed by atoms with Crippen LogP contribution in [0.4, 0.5) is 0 Å². The monoisotopic (exact) mass is 509 g/mol. The molecule has 0 spiro atoms. The van der Waals surface area contributed by atoms with Gasteiger partial charge in [0.05, 0.1) is 18.2 Å². The third-order valence-corrected chi connectivity index (χ3v) is 6.11. The van der Waals surface area contributed by atoms with Gasteiger partial charge >= 0.3 is 0 Å². The number of Topliss-reactive ketones (excluding diaryl/α,β-unsaturated/α-hetero) is 1. The zero-order valence-electron chi connectivity index (χ0n) is 21.8. The van der Waals surface area contributed by atoms with E-state index in [2.05, 4.69) is 6.92 Å². The van der Waals surface area contributed by atoms with Gasteiger partial charge in [-0.15, -0.1) is 0 Å². The normalized spacial score (nSPS) is 16.9. The number of hydrogen-bond acceptors (Lipinski definition) is 7. The van der Waals surface area contributed by atoms with Crippen molar-refractivity contribution < 1.29 is 29.0 Å². The van der Waals surface area contributed by atoms with Crippen LogP contribution in [0.3, 0.4) is 0 Å². The lowest BCUT2D eigenvalue weighted by Crippen LogP contribution is -2.35. The van der Waals surface area contributed by atoms with Crippen molar-refractivity contribution in [3.05, 3.63) is 64.7 Å². The molecule has 2 aromatic rings. The van der Waals surface area contributed by atoms with Gasteiger partial charge in [-0.05, 0) is 68.9 Å². The number of ketones is 1. The van der Waals surface area contributed by atoms with Crippen LogP contribution < -0.4 is 15.2 Å². The van der Waals surface area contributed by atoms with Crippen molar-refractivity contribution in [2.75, 3.05) is 40.4 Å². The van der Waals surface area contributed by atoms with E-state index in [9.17, 15) is 19.5 Å². The van der Waals surface area contributed by atoms with Gasteiger partial charge in [0.1, 0.15) is 17.3 Å². The number of primary amides is 1. The molecule has 0 aliphatic carbocycles. The lowest BCUT2D eigenvalue weighted by atomic mass is 9.94. The van der Waals surface area contributed by atoms with Crippen molar-refractivity contribution in [1.29, 1.82) is 0 Å². The number of aryl methyl sites for hydroxylation is 1. The van der Waals surface area contributed by atoms with E-state index in [-0.39, 0.29) is 17.9 Å². The Morgan fingerprint density at radius 3 is 2.41 bits per heavy atom. The first-order valence-electron chi connectivity index (χ1n) is 12.3. The topological polar surface area (TPSA) is 122 Å². The minimum atomic E-state index is -0.786. The SMILES string of the molecule is CCCCOc1ccc(C(O)=C2C(=O)C(=O)N(CCN(C)C)C2c2ccc(OCC(N)=O)cc2)cc1C. The molecule has 37 heavy (non-hydrogen) atoms. The van der Waals surface area contributed by atoms with Gasteiger partial charge in [-0.3, -0.25) is 14.4 Å². The number of nitrogens with two attached hydrogens (primary N) is 1. The Bertz CT molecular complexity index is 1170. The Morgan fingerprint density at radius 2 is 1.81 bits per heavy atom. The summed E-state index contributed by atoms with van der Waals surface area (Å²) in [6.07, 6.45) is 1.95. The van der Waals surface area contributed by atoms with E-state index in [0.717, 1.165) is 18.4 Å². The number of nitrogens with zero attached hydrogens (tertiary/aromatic N) is 2. The second kappa shape index (κ2) is 12.4. The summed E-state index contributed by atoms with van der Waals surface area (Å²) in [5, 5.41) is 11.3. The van der Waals surface area contributed by atoms with E-state index < -0.39 is 23.6 Å². The Morgan fingerprint density at radius 1 is 1.11 bits per heavy atom. The van der Waals surface area contributed by atoms with Crippen LogP contribution in [0.25, 0.3) is 5.76 Å². The van der Waals surface area contributed by atoms with E-state index in [4.69, 9.17) is 15.2 Å². The van der Waals surface area contributed by atoms with Gasteiger partial charge in [0.2, 0.25) is 0 Å². The summed E-state index contributed by atoms with van der Waals surface area (Å²) in [6.45, 7) is 5.12. The first-order chi connectivity index (χ1) is 17.6. The molecule has 1 fully saturated rings. The van der Waals surface area contributed by atoms with Gasteiger partial charge in [0.25, 0.3) is 17.6 Å². The van der Waals surface area contributed by atoms with Crippen LogP contribution in [-0.2, 0) is 14.4 Å². The van der Waals surface area contributed by atoms with Gasteiger partial charge in [-0.25, -0.2) is 0 Å². The molecule has 1 atom stereocenters. The van der Waals surface area contributed by atoms with E-state index in [1.54, 1.807) is 42.5 Å². The van der Waals surface area contributed by atoms with Gasteiger partial charge < -0.3 is 30.1 Å². The van der Waals surface area contributed by atoms with Crippen molar-refractivity contribution in [3.63, 3.8) is 0 Å². The largest absolute Gasteiger partial charge is 0.507 e. The van der Waals surface area contributed by atoms with Crippen LogP contribution in [-0.4, -0.2) is 72.9 Å². The third-order valence-electron chi connectivity index (χ3n) is 6.11. The number of aliphatic hydroxyl groups is 1. The zero-order valence-corrected chi connectivity index (χ0v) is 21.8. The average Bonchev–Trinajstić information content (AvgIpc) is 3.12. The first-order valence-corrected chi connectivity index (χ1v) is 12.3. The number of unbranched alkanes of at least 4 members (excludes halogenated alkanes) is 1. The summed E-state index contributed by atoms with van der Waals surface area (Å²) in [6, 6.07) is 11.1. The highest BCUT2D eigenvalue weighted by molar-refractivity contribution is 6.46. The number of rotatable bonds is 12. The molecule has 1 unspecified atom stereocenters. The molecule has 0 saturated carbocycles. The molecule has 3 rings (SSSR count). The maximum absolute atomic E-state index is 13.2. The summed E-state index contributed by atoms with van der Waals surface area (Å²) in [5.41, 5.74) is 7.03. The number of ether oxygens (including phenoxy) is 2. The van der Waals surface area contributed by atoms with Crippen LogP contribution in [0.1, 0.15) is 42.5 Å². The summed E-state index contributed by atoms with van der Waals surface area (Å²) in [4.78, 5) is 40.7. The highest BCUT2D eigenvalue weighted by Gasteiger charge is 2.45. The van der Waals surface area contributed by atoms with Gasteiger partial charge in [0.15, 0.2) is 6.61 Å². The van der Waals surface area contributed by atoms with Crippen molar-refractivity contribution in [2.45, 2.75) is 32.7 Å². The van der Waals surface area contributed by atoms with E-state index in [1.165, 1.54) is 4.90 Å². The molecule has 0 radical (unpaired) electrons. The number of carbonyl (C=O) groups excluding carboxylic acids is 3. The highest BCUT2D eigenvalue weighted by atomic mass is 16.5. The predicted octanol–water partition coefficient (Wildman–Crippen LogP) is 3.02. The fourth-order valence-electron chi connectivity index (χ4n) is 4.11. The van der Waals surface area contributed by atoms with E-state index >= 15 is 0 Å². The molecular weight excluding hydrogens is 474 g/mol. The lowest BCUT2D eigenvalue weighted by molar-refractivity contribution is -0.140. The van der Waals surface area contributed by atoms with E-state index in [0.29, 0.717) is 42.3 Å². The quantitative estimate of drug-likeness (QED) is 0.195. The van der Waals surface area contributed by atoms with Crippen molar-refractivity contribution >= 4 is 23.4 Å². The Balaban J connectivity index is 2.02. The maximum atomic E-state index is 13.2. The zero-order chi connectivity index (χ0) is 27.1. The summed E-state index contributed by atoms with van der Waals surface area (Å²) < 4.78 is 11.1. The molecule has 1 saturated heterocycles. The summed E-state index contributed by atoms with van der Waals surface area (Å²) >= 11 is 0. The molecule has 1 aliphatic heterocycles. The summed E-state index contributed by atoms with van der Waals surface area (Å²) in [5.74, 6) is -1.12. The van der Waals surface area contributed by atoms with Crippen molar-refractivity contribution in [3.8, 4) is 11.5 Å². The van der Waals surface area contributed by atoms with Crippen molar-refractivity contribution in [2.24, 2.45) is 5.73 Å². The van der Waals surface area contributed by atoms with Gasteiger partial charge in [0, 0.05) is 18.7 Å². The second-order valence-electron chi connectivity index (χ2n) is 9.30. The number of carbonyl (C=O) groups is 3. The fraction of sp³-hybridized carbons (Fsp3) is 0.393. The second-order valence-corrected chi connectivity index (χ2v) is 9.30. The fourth-order valence-corrected chi connectivity index (χ4v) is 4.11. The molecule has 9 heteroatoms. The third kappa shape index (κ3) is 6.68. The van der Waals surface area contributed by atoms with E-state index in [1.807, 2.05) is 25.9 Å². The summed E-state index contributed by atoms with van der Waals surface area (Å²) in [7, 11) is 3.76. The molecule has 198 valence electrons. The number of amides is 2. The molecule has 0 bridgehead atoms. The number of aliphatic hydroxyl groups excluding tert-OH is 1. The number of likely N-dealkylation sites (N-methyl/N-ethyl adjacent to an activating group) is 1. The molecular formula is C28H35N3O6. The molecule has 0 aromatic heterocycles. The standard InChI is InChI=1S/C28H35N3O6/c1-5-6-15-36-22-12-9-20(16-18(22)2)26(33)24-25(31(14-13-30(3)4)28(35)27(24)34)19-7-10-21(11-8-19)37-17-23(29)32/h7-12,16,25,33H,5-6,13-15,17H2,1-4H3,(H2,29,32). The van der Waals surface area contributed by atoms with Gasteiger partial charge in [-0.2, -0.15) is 0 Å². The highest BCUT2D eigenvalue weighted by Crippen LogP contribution is 2.40. The molecule has 1 heterocycles. The van der Waals surface area contributed by atoms with Crippen LogP contribution in [0.5, 0.6) is 11.5 Å². The molecule has 3 N–H and O–H groups in total. The lowest BCUT2D eigenvalue weighted by Gasteiger charge is -2.26. The molecule has 9 nitrogen and oxygen atoms in total. The van der Waals surface area contributed by atoms with Crippen LogP contribution in [0, 0.1) is 6.92 Å². The minimum absolute atomic E-state index is 0.0219. The smallest absolute Gasteiger partial charge is 0.295 e. The molecule has 2 aromatic carbocycles. The van der Waals surface area contributed by atoms with Crippen LogP contribution in [0.15, 0.2) is 48.0 Å². The van der Waals surface area contributed by atoms with Gasteiger partial charge in [-0.1, -0.05) is 25.5 Å². The minimum Gasteiger partial charge on any atom is -0.507 e. The number of likely N-dealkylation sites (tertiary alicyclic amines) is 1. The Hall–Kier alpha value is -3.85. The Labute approximate surface area is 217 Å². The molecule has 1 aliphatic rings. The number of hydrogen-bond donors (Lipinski definition) is 2. The van der Waals surface area contributed by atoms with Crippen LogP contribution >= 0.6 is 0 Å². The first kappa shape index (κ1) is 27.7. The van der Waals surface area contributed by atoms with Crippen molar-refractivity contribution in [1.82, 2.24) is 9.80 Å². The number of benzene rings is 2. The Kier molecular flexibility index (Phi) is 9.30. The average molecular weight is 510 g/mol. The predicted molar refractivity (Wildman–Crippen MR) is 140 cm³/mol.